The molecular weight excluding hydrogens is 280 g/mol. The Morgan fingerprint density at radius 2 is 1.77 bits per heavy atom. The zero-order chi connectivity index (χ0) is 14.9. The SMILES string of the molecule is O=c1cc(C2=NOCN2c2ccccc2)c2ccccc2o1. The first-order valence-electron chi connectivity index (χ1n) is 6.89. The number of oxime groups is 1. The number of para-hydroxylation sites is 2. The van der Waals surface area contributed by atoms with Crippen LogP contribution in [0, 0.1) is 0 Å². The van der Waals surface area contributed by atoms with E-state index in [1.807, 2.05) is 53.4 Å². The van der Waals surface area contributed by atoms with Crippen LogP contribution in [0.15, 0.2) is 75.0 Å². The van der Waals surface area contributed by atoms with E-state index in [1.165, 1.54) is 6.07 Å². The maximum Gasteiger partial charge on any atom is 0.336 e. The standard InChI is InChI=1S/C17H12N2O3/c20-16-10-14(13-8-4-5-9-15(13)22-16)17-18-21-11-19(17)12-6-2-1-3-7-12/h1-10H,11H2. The van der Waals surface area contributed by atoms with E-state index in [0.29, 0.717) is 23.7 Å². The van der Waals surface area contributed by atoms with Crippen LogP contribution in [-0.2, 0) is 4.84 Å². The van der Waals surface area contributed by atoms with E-state index < -0.39 is 5.63 Å². The Morgan fingerprint density at radius 1 is 1.00 bits per heavy atom. The zero-order valence-corrected chi connectivity index (χ0v) is 11.6. The predicted molar refractivity (Wildman–Crippen MR) is 83.9 cm³/mol. The topological polar surface area (TPSA) is 55.0 Å². The first-order valence-corrected chi connectivity index (χ1v) is 6.89. The van der Waals surface area contributed by atoms with Crippen molar-refractivity contribution in [3.05, 3.63) is 76.6 Å². The summed E-state index contributed by atoms with van der Waals surface area (Å²) >= 11 is 0. The summed E-state index contributed by atoms with van der Waals surface area (Å²) in [5, 5.41) is 4.94. The number of anilines is 1. The van der Waals surface area contributed by atoms with Crippen molar-refractivity contribution in [3.8, 4) is 0 Å². The summed E-state index contributed by atoms with van der Waals surface area (Å²) in [6.07, 6.45) is 0. The molecule has 3 aromatic rings. The number of amidine groups is 1. The van der Waals surface area contributed by atoms with E-state index in [1.54, 1.807) is 6.07 Å². The van der Waals surface area contributed by atoms with Gasteiger partial charge in [0.05, 0.1) is 0 Å². The third-order valence-corrected chi connectivity index (χ3v) is 3.55. The molecule has 0 radical (unpaired) electrons. The van der Waals surface area contributed by atoms with Gasteiger partial charge in [0.1, 0.15) is 5.58 Å². The molecule has 0 amide bonds. The Labute approximate surface area is 126 Å². The van der Waals surface area contributed by atoms with Crippen molar-refractivity contribution in [2.24, 2.45) is 5.16 Å². The van der Waals surface area contributed by atoms with Crippen molar-refractivity contribution in [1.82, 2.24) is 0 Å². The monoisotopic (exact) mass is 292 g/mol. The molecule has 0 N–H and O–H groups in total. The van der Waals surface area contributed by atoms with Crippen LogP contribution in [0.3, 0.4) is 0 Å². The van der Waals surface area contributed by atoms with Gasteiger partial charge in [0.2, 0.25) is 0 Å². The van der Waals surface area contributed by atoms with E-state index in [2.05, 4.69) is 5.16 Å². The lowest BCUT2D eigenvalue weighted by Gasteiger charge is -2.18. The molecule has 0 atom stereocenters. The Bertz CT molecular complexity index is 916. The summed E-state index contributed by atoms with van der Waals surface area (Å²) in [4.78, 5) is 19.0. The number of hydrogen-bond donors (Lipinski definition) is 0. The summed E-state index contributed by atoms with van der Waals surface area (Å²) in [5.41, 5.74) is 1.79. The summed E-state index contributed by atoms with van der Waals surface area (Å²) in [6, 6.07) is 18.6. The van der Waals surface area contributed by atoms with Crippen molar-refractivity contribution in [1.29, 1.82) is 0 Å². The number of nitrogens with zero attached hydrogens (tertiary/aromatic N) is 2. The van der Waals surface area contributed by atoms with Crippen LogP contribution < -0.4 is 10.5 Å². The Kier molecular flexibility index (Phi) is 2.89. The smallest absolute Gasteiger partial charge is 0.336 e. The molecule has 1 aliphatic rings. The van der Waals surface area contributed by atoms with Crippen molar-refractivity contribution in [3.63, 3.8) is 0 Å². The second-order valence-electron chi connectivity index (χ2n) is 4.91. The van der Waals surface area contributed by atoms with Gasteiger partial charge in [-0.25, -0.2) is 4.79 Å². The van der Waals surface area contributed by atoms with Gasteiger partial charge in [-0.2, -0.15) is 0 Å². The highest BCUT2D eigenvalue weighted by atomic mass is 16.7. The van der Waals surface area contributed by atoms with E-state index in [9.17, 15) is 4.79 Å². The van der Waals surface area contributed by atoms with Gasteiger partial charge in [-0.15, -0.1) is 0 Å². The fourth-order valence-corrected chi connectivity index (χ4v) is 2.55. The maximum atomic E-state index is 11.8. The highest BCUT2D eigenvalue weighted by Crippen LogP contribution is 2.25. The van der Waals surface area contributed by atoms with Crippen LogP contribution in [0.2, 0.25) is 0 Å². The number of rotatable bonds is 2. The Balaban J connectivity index is 1.90. The number of benzene rings is 2. The van der Waals surface area contributed by atoms with Crippen molar-refractivity contribution in [2.75, 3.05) is 11.6 Å². The zero-order valence-electron chi connectivity index (χ0n) is 11.6. The van der Waals surface area contributed by atoms with Gasteiger partial charge in [0.25, 0.3) is 0 Å². The molecule has 0 saturated carbocycles. The number of fused-ring (bicyclic) bond motifs is 1. The van der Waals surface area contributed by atoms with E-state index in [-0.39, 0.29) is 0 Å². The van der Waals surface area contributed by atoms with Gasteiger partial charge in [0, 0.05) is 22.7 Å². The molecule has 0 aliphatic carbocycles. The third-order valence-electron chi connectivity index (χ3n) is 3.55. The fraction of sp³-hybridized carbons (Fsp3) is 0.0588. The lowest BCUT2D eigenvalue weighted by atomic mass is 10.1. The molecule has 0 unspecified atom stereocenters. The minimum absolute atomic E-state index is 0.313. The fourth-order valence-electron chi connectivity index (χ4n) is 2.55. The average Bonchev–Trinajstić information content (AvgIpc) is 3.04. The van der Waals surface area contributed by atoms with Crippen molar-refractivity contribution >= 4 is 22.5 Å². The van der Waals surface area contributed by atoms with E-state index >= 15 is 0 Å². The maximum absolute atomic E-state index is 11.8. The van der Waals surface area contributed by atoms with Crippen LogP contribution in [0.1, 0.15) is 5.56 Å². The Hall–Kier alpha value is -3.08. The molecule has 1 aromatic heterocycles. The summed E-state index contributed by atoms with van der Waals surface area (Å²) in [5.74, 6) is 0.607. The van der Waals surface area contributed by atoms with E-state index in [4.69, 9.17) is 9.25 Å². The molecule has 1 aliphatic heterocycles. The first kappa shape index (κ1) is 12.6. The molecule has 0 saturated heterocycles. The highest BCUT2D eigenvalue weighted by molar-refractivity contribution is 6.16. The molecule has 5 nitrogen and oxygen atoms in total. The van der Waals surface area contributed by atoms with Crippen LogP contribution in [0.25, 0.3) is 11.0 Å². The third kappa shape index (κ3) is 2.03. The molecule has 22 heavy (non-hydrogen) atoms. The molecule has 2 heterocycles. The van der Waals surface area contributed by atoms with Gasteiger partial charge in [-0.1, -0.05) is 41.6 Å². The first-order chi connectivity index (χ1) is 10.8. The summed E-state index contributed by atoms with van der Waals surface area (Å²) in [6.45, 7) is 0.313. The number of hydrogen-bond acceptors (Lipinski definition) is 5. The van der Waals surface area contributed by atoms with Gasteiger partial charge >= 0.3 is 5.63 Å². The normalized spacial score (nSPS) is 14.0. The molecule has 5 heteroatoms. The lowest BCUT2D eigenvalue weighted by molar-refractivity contribution is 0.174. The molecule has 0 bridgehead atoms. The molecule has 2 aromatic carbocycles. The summed E-state index contributed by atoms with van der Waals surface area (Å²) in [7, 11) is 0. The second-order valence-corrected chi connectivity index (χ2v) is 4.91. The van der Waals surface area contributed by atoms with Crippen LogP contribution in [-0.4, -0.2) is 12.6 Å². The summed E-state index contributed by atoms with van der Waals surface area (Å²) < 4.78 is 5.23. The highest BCUT2D eigenvalue weighted by Gasteiger charge is 2.24. The van der Waals surface area contributed by atoms with Gasteiger partial charge < -0.3 is 9.25 Å². The van der Waals surface area contributed by atoms with Gasteiger partial charge in [-0.05, 0) is 18.2 Å². The largest absolute Gasteiger partial charge is 0.423 e. The minimum Gasteiger partial charge on any atom is -0.423 e. The van der Waals surface area contributed by atoms with E-state index in [0.717, 1.165) is 11.1 Å². The van der Waals surface area contributed by atoms with Crippen LogP contribution in [0.4, 0.5) is 5.69 Å². The van der Waals surface area contributed by atoms with Crippen molar-refractivity contribution < 1.29 is 9.25 Å². The average molecular weight is 292 g/mol. The second kappa shape index (κ2) is 5.04. The van der Waals surface area contributed by atoms with Gasteiger partial charge in [-0.3, -0.25) is 4.90 Å². The molecule has 108 valence electrons. The van der Waals surface area contributed by atoms with Crippen LogP contribution >= 0.6 is 0 Å². The van der Waals surface area contributed by atoms with Crippen molar-refractivity contribution in [2.45, 2.75) is 0 Å². The predicted octanol–water partition coefficient (Wildman–Crippen LogP) is 2.95. The quantitative estimate of drug-likeness (QED) is 0.681. The molecule has 4 rings (SSSR count). The molecular formula is C17H12N2O3. The Morgan fingerprint density at radius 3 is 2.64 bits per heavy atom. The van der Waals surface area contributed by atoms with Gasteiger partial charge in [0.15, 0.2) is 12.6 Å². The van der Waals surface area contributed by atoms with Crippen LogP contribution in [0.5, 0.6) is 0 Å². The molecule has 0 fully saturated rings. The molecule has 0 spiro atoms. The minimum atomic E-state index is -0.406. The lowest BCUT2D eigenvalue weighted by Crippen LogP contribution is -2.28.